The van der Waals surface area contributed by atoms with E-state index in [1.54, 1.807) is 6.92 Å². The SMILES string of the molecule is CC(=O)N1CCC(N2CCOc3ccc(C(=O)NCc4ccccc4)cc3C2)CC1. The van der Waals surface area contributed by atoms with Crippen molar-refractivity contribution in [3.63, 3.8) is 0 Å². The fourth-order valence-electron chi connectivity index (χ4n) is 4.29. The van der Waals surface area contributed by atoms with Gasteiger partial charge in [-0.25, -0.2) is 0 Å². The minimum atomic E-state index is -0.0767. The number of benzene rings is 2. The number of fused-ring (bicyclic) bond motifs is 1. The zero-order valence-corrected chi connectivity index (χ0v) is 17.5. The molecule has 2 amide bonds. The van der Waals surface area contributed by atoms with E-state index in [1.807, 2.05) is 53.4 Å². The zero-order chi connectivity index (χ0) is 20.9. The lowest BCUT2D eigenvalue weighted by Crippen LogP contribution is -2.46. The normalized spacial score (nSPS) is 17.6. The Morgan fingerprint density at radius 2 is 1.83 bits per heavy atom. The molecule has 2 aliphatic heterocycles. The molecule has 0 bridgehead atoms. The van der Waals surface area contributed by atoms with Gasteiger partial charge >= 0.3 is 0 Å². The lowest BCUT2D eigenvalue weighted by Gasteiger charge is -2.37. The average molecular weight is 408 g/mol. The van der Waals surface area contributed by atoms with Crippen LogP contribution in [0, 0.1) is 0 Å². The van der Waals surface area contributed by atoms with Crippen molar-refractivity contribution in [2.24, 2.45) is 0 Å². The van der Waals surface area contributed by atoms with Gasteiger partial charge in [-0.2, -0.15) is 0 Å². The van der Waals surface area contributed by atoms with Crippen molar-refractivity contribution < 1.29 is 14.3 Å². The van der Waals surface area contributed by atoms with Crippen LogP contribution in [0.2, 0.25) is 0 Å². The van der Waals surface area contributed by atoms with Crippen LogP contribution in [0.15, 0.2) is 48.5 Å². The Balaban J connectivity index is 1.41. The molecule has 0 spiro atoms. The van der Waals surface area contributed by atoms with Crippen LogP contribution in [0.25, 0.3) is 0 Å². The maximum atomic E-state index is 12.7. The monoisotopic (exact) mass is 407 g/mol. The van der Waals surface area contributed by atoms with E-state index in [0.29, 0.717) is 24.8 Å². The maximum Gasteiger partial charge on any atom is 0.251 e. The van der Waals surface area contributed by atoms with Crippen LogP contribution in [0.3, 0.4) is 0 Å². The quantitative estimate of drug-likeness (QED) is 0.847. The van der Waals surface area contributed by atoms with Gasteiger partial charge in [0.25, 0.3) is 5.91 Å². The molecule has 0 atom stereocenters. The van der Waals surface area contributed by atoms with Gasteiger partial charge in [-0.05, 0) is 36.6 Å². The summed E-state index contributed by atoms with van der Waals surface area (Å²) in [4.78, 5) is 28.6. The molecule has 2 aliphatic rings. The lowest BCUT2D eigenvalue weighted by molar-refractivity contribution is -0.130. The third kappa shape index (κ3) is 4.82. The van der Waals surface area contributed by atoms with Crippen LogP contribution in [0.4, 0.5) is 0 Å². The standard InChI is InChI=1S/C24H29N3O3/c1-18(28)26-11-9-22(10-12-26)27-13-14-30-23-8-7-20(15-21(23)17-27)24(29)25-16-19-5-3-2-4-6-19/h2-8,15,22H,9-14,16-17H2,1H3,(H,25,29). The third-order valence-corrected chi connectivity index (χ3v) is 6.05. The van der Waals surface area contributed by atoms with Crippen molar-refractivity contribution >= 4 is 11.8 Å². The summed E-state index contributed by atoms with van der Waals surface area (Å²) in [5.74, 6) is 0.939. The van der Waals surface area contributed by atoms with Crippen molar-refractivity contribution in [3.05, 3.63) is 65.2 Å². The third-order valence-electron chi connectivity index (χ3n) is 6.05. The molecule has 0 radical (unpaired) electrons. The number of piperidine rings is 1. The Hall–Kier alpha value is -2.86. The second kappa shape index (κ2) is 9.30. The number of hydrogen-bond donors (Lipinski definition) is 1. The molecule has 1 saturated heterocycles. The van der Waals surface area contributed by atoms with Crippen LogP contribution < -0.4 is 10.1 Å². The molecule has 30 heavy (non-hydrogen) atoms. The van der Waals surface area contributed by atoms with Crippen molar-refractivity contribution in [2.75, 3.05) is 26.2 Å². The number of likely N-dealkylation sites (tertiary alicyclic amines) is 1. The summed E-state index contributed by atoms with van der Waals surface area (Å²) in [5.41, 5.74) is 2.78. The Kier molecular flexibility index (Phi) is 6.33. The zero-order valence-electron chi connectivity index (χ0n) is 17.5. The highest BCUT2D eigenvalue weighted by atomic mass is 16.5. The van der Waals surface area contributed by atoms with Crippen molar-refractivity contribution in [1.29, 1.82) is 0 Å². The van der Waals surface area contributed by atoms with Crippen molar-refractivity contribution in [1.82, 2.24) is 15.1 Å². The highest BCUT2D eigenvalue weighted by Gasteiger charge is 2.28. The van der Waals surface area contributed by atoms with Crippen LogP contribution in [-0.2, 0) is 17.9 Å². The van der Waals surface area contributed by atoms with Gasteiger partial charge in [0.15, 0.2) is 0 Å². The maximum absolute atomic E-state index is 12.7. The van der Waals surface area contributed by atoms with E-state index in [-0.39, 0.29) is 11.8 Å². The first-order valence-electron chi connectivity index (χ1n) is 10.7. The smallest absolute Gasteiger partial charge is 0.251 e. The van der Waals surface area contributed by atoms with Crippen LogP contribution >= 0.6 is 0 Å². The van der Waals surface area contributed by atoms with Crippen molar-refractivity contribution in [2.45, 2.75) is 38.9 Å². The van der Waals surface area contributed by atoms with Crippen LogP contribution in [-0.4, -0.2) is 53.9 Å². The number of nitrogens with one attached hydrogen (secondary N) is 1. The minimum Gasteiger partial charge on any atom is -0.492 e. The molecule has 6 heteroatoms. The second-order valence-corrected chi connectivity index (χ2v) is 8.05. The van der Waals surface area contributed by atoms with Crippen molar-refractivity contribution in [3.8, 4) is 5.75 Å². The first-order valence-corrected chi connectivity index (χ1v) is 10.7. The number of amides is 2. The predicted molar refractivity (Wildman–Crippen MR) is 115 cm³/mol. The fourth-order valence-corrected chi connectivity index (χ4v) is 4.29. The molecule has 6 nitrogen and oxygen atoms in total. The highest BCUT2D eigenvalue weighted by molar-refractivity contribution is 5.94. The van der Waals surface area contributed by atoms with Gasteiger partial charge in [-0.3, -0.25) is 14.5 Å². The lowest BCUT2D eigenvalue weighted by atomic mass is 10.0. The molecule has 2 aromatic rings. The molecule has 0 aliphatic carbocycles. The summed E-state index contributed by atoms with van der Waals surface area (Å²) >= 11 is 0. The molecule has 2 heterocycles. The van der Waals surface area contributed by atoms with Crippen LogP contribution in [0.5, 0.6) is 5.75 Å². The van der Waals surface area contributed by atoms with Gasteiger partial charge in [0.2, 0.25) is 5.91 Å². The first-order chi connectivity index (χ1) is 14.6. The number of nitrogens with zero attached hydrogens (tertiary/aromatic N) is 2. The molecular formula is C24H29N3O3. The molecule has 1 N–H and O–H groups in total. The molecule has 1 fully saturated rings. The second-order valence-electron chi connectivity index (χ2n) is 8.05. The molecule has 0 saturated carbocycles. The minimum absolute atomic E-state index is 0.0767. The number of ether oxygens (including phenoxy) is 1. The number of carbonyl (C=O) groups excluding carboxylic acids is 2. The van der Waals surface area contributed by atoms with E-state index in [9.17, 15) is 9.59 Å². The molecule has 158 valence electrons. The average Bonchev–Trinajstić information content (AvgIpc) is 3.00. The number of hydrogen-bond acceptors (Lipinski definition) is 4. The van der Waals surface area contributed by atoms with Gasteiger partial charge in [0.05, 0.1) is 0 Å². The Labute approximate surface area is 177 Å². The first kappa shape index (κ1) is 20.4. The van der Waals surface area contributed by atoms with E-state index >= 15 is 0 Å². The van der Waals surface area contributed by atoms with Crippen LogP contribution in [0.1, 0.15) is 41.3 Å². The van der Waals surface area contributed by atoms with Gasteiger partial charge in [0.1, 0.15) is 12.4 Å². The summed E-state index contributed by atoms with van der Waals surface area (Å²) in [6.45, 7) is 6.03. The molecule has 4 rings (SSSR count). The summed E-state index contributed by atoms with van der Waals surface area (Å²) in [6.07, 6.45) is 1.96. The summed E-state index contributed by atoms with van der Waals surface area (Å²) < 4.78 is 5.95. The largest absolute Gasteiger partial charge is 0.492 e. The molecular weight excluding hydrogens is 378 g/mol. The summed E-state index contributed by atoms with van der Waals surface area (Å²) in [7, 11) is 0. The van der Waals surface area contributed by atoms with E-state index in [1.165, 1.54) is 0 Å². The molecule has 0 unspecified atom stereocenters. The number of carbonyl (C=O) groups is 2. The predicted octanol–water partition coefficient (Wildman–Crippen LogP) is 2.82. The van der Waals surface area contributed by atoms with E-state index < -0.39 is 0 Å². The molecule has 0 aromatic heterocycles. The van der Waals surface area contributed by atoms with Gasteiger partial charge in [-0.15, -0.1) is 0 Å². The summed E-state index contributed by atoms with van der Waals surface area (Å²) in [6, 6.07) is 16.0. The Bertz CT molecular complexity index is 892. The number of rotatable bonds is 4. The highest BCUT2D eigenvalue weighted by Crippen LogP contribution is 2.27. The van der Waals surface area contributed by atoms with Gasteiger partial charge in [0, 0.05) is 56.8 Å². The summed E-state index contributed by atoms with van der Waals surface area (Å²) in [5, 5.41) is 3.00. The van der Waals surface area contributed by atoms with Gasteiger partial charge < -0.3 is 15.0 Å². The Morgan fingerprint density at radius 1 is 1.07 bits per heavy atom. The topological polar surface area (TPSA) is 61.9 Å². The van der Waals surface area contributed by atoms with E-state index in [4.69, 9.17) is 4.74 Å². The fraction of sp³-hybridized carbons (Fsp3) is 0.417. The van der Waals surface area contributed by atoms with Gasteiger partial charge in [-0.1, -0.05) is 30.3 Å². The van der Waals surface area contributed by atoms with E-state index in [2.05, 4.69) is 10.2 Å². The van der Waals surface area contributed by atoms with E-state index in [0.717, 1.165) is 55.9 Å². The molecule has 2 aromatic carbocycles. The Morgan fingerprint density at radius 3 is 2.57 bits per heavy atom.